The van der Waals surface area contributed by atoms with E-state index in [1.165, 1.54) is 23.7 Å². The van der Waals surface area contributed by atoms with Crippen LogP contribution in [0.2, 0.25) is 0 Å². The van der Waals surface area contributed by atoms with Crippen LogP contribution >= 0.6 is 11.3 Å². The molecule has 12 nitrogen and oxygen atoms in total. The summed E-state index contributed by atoms with van der Waals surface area (Å²) >= 11 is 1.48. The van der Waals surface area contributed by atoms with Gasteiger partial charge in [-0.1, -0.05) is 24.3 Å². The van der Waals surface area contributed by atoms with Crippen LogP contribution in [-0.4, -0.2) is 77.1 Å². The second-order valence-electron chi connectivity index (χ2n) is 13.4. The molecule has 6 N–H and O–H groups in total. The molecule has 0 aliphatic carbocycles. The molecule has 0 radical (unpaired) electrons. The third-order valence-corrected chi connectivity index (χ3v) is 10.8. The molecule has 53 heavy (non-hydrogen) atoms. The average Bonchev–Trinajstić information content (AvgIpc) is 3.56. The molecule has 0 spiro atoms. The highest BCUT2D eigenvalue weighted by molar-refractivity contribution is 7.18. The molecule has 0 saturated carbocycles. The van der Waals surface area contributed by atoms with Crippen molar-refractivity contribution in [3.8, 4) is 11.4 Å². The normalized spacial score (nSPS) is 19.1. The number of hydrogen-bond donors (Lipinski definition) is 4. The van der Waals surface area contributed by atoms with E-state index in [-0.39, 0.29) is 36.6 Å². The standard InChI is InChI=1S/C38H41F2N9O3S/c1-24-15-26(11-12-47(24)21-38(51,20-43-23-44-22-41)30-9-7-25(39)16-31(30)40)45-19-29-18-33-36(53-29)46-35(42)37(50)49(33)28-8-10-34-32(17-28)48(13-14-52-34)27-5-3-2-4-6-27/h2-10,16-18,22-24,26,45,51H,11-15,19-21H2,1H3,(H2,42,46)(H2,41,43,44). The zero-order valence-corrected chi connectivity index (χ0v) is 30.0. The number of piperidine rings is 1. The number of nitrogens with two attached hydrogens (primary N) is 2. The van der Waals surface area contributed by atoms with Gasteiger partial charge in [0, 0.05) is 53.9 Å². The predicted molar refractivity (Wildman–Crippen MR) is 206 cm³/mol. The van der Waals surface area contributed by atoms with E-state index in [4.69, 9.17) is 16.2 Å². The van der Waals surface area contributed by atoms with Crippen molar-refractivity contribution in [1.82, 2.24) is 19.8 Å². The lowest BCUT2D eigenvalue weighted by Crippen LogP contribution is -2.53. The maximum atomic E-state index is 14.9. The number of halogens is 2. The largest absolute Gasteiger partial charge is 0.490 e. The molecule has 4 heterocycles. The molecule has 2 aliphatic heterocycles. The van der Waals surface area contributed by atoms with E-state index in [9.17, 15) is 18.7 Å². The molecule has 3 atom stereocenters. The van der Waals surface area contributed by atoms with Gasteiger partial charge in [0.25, 0.3) is 5.56 Å². The maximum Gasteiger partial charge on any atom is 0.298 e. The van der Waals surface area contributed by atoms with Crippen molar-refractivity contribution >= 4 is 51.6 Å². The summed E-state index contributed by atoms with van der Waals surface area (Å²) in [5, 5.41) is 15.4. The molecule has 5 aromatic rings. The molecule has 3 aromatic carbocycles. The Balaban J connectivity index is 1.07. The topological polar surface area (TPSA) is 160 Å². The van der Waals surface area contributed by atoms with Gasteiger partial charge in [0.2, 0.25) is 0 Å². The lowest BCUT2D eigenvalue weighted by atomic mass is 9.89. The fraction of sp³-hybridized carbons (Fsp3) is 0.316. The van der Waals surface area contributed by atoms with Gasteiger partial charge in [0.15, 0.2) is 5.82 Å². The Morgan fingerprint density at radius 3 is 2.72 bits per heavy atom. The SMILES string of the molecule is CC1CC(NCc2cc3c(nc(N)c(=O)n3-c3ccc4c(c3)N(c3ccccc3)CCO4)s2)CCN1CC(O)(CN=CN=CN)c1ccc(F)cc1F. The Morgan fingerprint density at radius 2 is 1.94 bits per heavy atom. The monoisotopic (exact) mass is 741 g/mol. The number of thiophene rings is 1. The van der Waals surface area contributed by atoms with Crippen LogP contribution in [-0.2, 0) is 12.1 Å². The fourth-order valence-corrected chi connectivity index (χ4v) is 8.17. The summed E-state index contributed by atoms with van der Waals surface area (Å²) in [5.41, 5.74) is 12.5. The van der Waals surface area contributed by atoms with E-state index in [2.05, 4.69) is 37.0 Å². The number of likely N-dealkylation sites (tertiary alicyclic amines) is 1. The average molecular weight is 742 g/mol. The van der Waals surface area contributed by atoms with Crippen molar-refractivity contribution < 1.29 is 18.6 Å². The van der Waals surface area contributed by atoms with Crippen LogP contribution in [0, 0.1) is 11.6 Å². The van der Waals surface area contributed by atoms with E-state index in [0.717, 1.165) is 53.3 Å². The van der Waals surface area contributed by atoms with Crippen LogP contribution in [0.15, 0.2) is 87.6 Å². The number of aliphatic hydroxyl groups is 1. The van der Waals surface area contributed by atoms with Crippen molar-refractivity contribution in [2.24, 2.45) is 15.7 Å². The number of nitrogens with one attached hydrogen (secondary N) is 1. The van der Waals surface area contributed by atoms with Crippen molar-refractivity contribution in [3.05, 3.63) is 105 Å². The third kappa shape index (κ3) is 7.64. The number of nitrogens with zero attached hydrogens (tertiary/aromatic N) is 6. The zero-order chi connectivity index (χ0) is 37.1. The predicted octanol–water partition coefficient (Wildman–Crippen LogP) is 4.68. The number of ether oxygens (including phenoxy) is 1. The summed E-state index contributed by atoms with van der Waals surface area (Å²) in [4.78, 5) is 31.8. The summed E-state index contributed by atoms with van der Waals surface area (Å²) in [7, 11) is 0. The second-order valence-corrected chi connectivity index (χ2v) is 14.5. The molecule has 3 unspecified atom stereocenters. The minimum Gasteiger partial charge on any atom is -0.490 e. The Labute approximate surface area is 309 Å². The van der Waals surface area contributed by atoms with Gasteiger partial charge in [-0.05, 0) is 62.2 Å². The van der Waals surface area contributed by atoms with Crippen LogP contribution in [0.3, 0.4) is 0 Å². The molecule has 0 amide bonds. The summed E-state index contributed by atoms with van der Waals surface area (Å²) in [5.74, 6) is -0.903. The molecular formula is C38H41F2N9O3S. The lowest BCUT2D eigenvalue weighted by Gasteiger charge is -2.42. The van der Waals surface area contributed by atoms with Crippen molar-refractivity contribution in [3.63, 3.8) is 0 Å². The van der Waals surface area contributed by atoms with Crippen LogP contribution in [0.5, 0.6) is 5.75 Å². The van der Waals surface area contributed by atoms with Gasteiger partial charge in [-0.25, -0.2) is 18.8 Å². The highest BCUT2D eigenvalue weighted by Gasteiger charge is 2.37. The minimum atomic E-state index is -1.72. The molecule has 1 fully saturated rings. The molecule has 0 bridgehead atoms. The fourth-order valence-electron chi connectivity index (χ4n) is 7.19. The van der Waals surface area contributed by atoms with Gasteiger partial charge in [0.05, 0.1) is 36.3 Å². The van der Waals surface area contributed by atoms with Gasteiger partial charge in [-0.2, -0.15) is 0 Å². The Morgan fingerprint density at radius 1 is 1.11 bits per heavy atom. The van der Waals surface area contributed by atoms with Gasteiger partial charge in [-0.15, -0.1) is 11.3 Å². The quantitative estimate of drug-likeness (QED) is 0.111. The number of benzene rings is 3. The summed E-state index contributed by atoms with van der Waals surface area (Å²) in [6, 6.07) is 21.1. The lowest BCUT2D eigenvalue weighted by molar-refractivity contribution is -0.0173. The van der Waals surface area contributed by atoms with Gasteiger partial charge in [-0.3, -0.25) is 19.3 Å². The first-order chi connectivity index (χ1) is 25.6. The number of hydrogen-bond acceptors (Lipinski definition) is 10. The number of anilines is 3. The third-order valence-electron chi connectivity index (χ3n) is 9.82. The Bertz CT molecular complexity index is 2210. The van der Waals surface area contributed by atoms with Crippen LogP contribution in [0.4, 0.5) is 26.0 Å². The zero-order valence-electron chi connectivity index (χ0n) is 29.2. The van der Waals surface area contributed by atoms with Gasteiger partial charge >= 0.3 is 0 Å². The highest BCUT2D eigenvalue weighted by Crippen LogP contribution is 2.39. The number of para-hydroxylation sites is 1. The molecular weight excluding hydrogens is 701 g/mol. The van der Waals surface area contributed by atoms with E-state index in [0.29, 0.717) is 42.3 Å². The highest BCUT2D eigenvalue weighted by atomic mass is 32.1. The molecule has 1 saturated heterocycles. The minimum absolute atomic E-state index is 0.0276. The second kappa shape index (κ2) is 15.4. The van der Waals surface area contributed by atoms with Crippen molar-refractivity contribution in [2.45, 2.75) is 44.0 Å². The van der Waals surface area contributed by atoms with E-state index < -0.39 is 22.8 Å². The van der Waals surface area contributed by atoms with Crippen LogP contribution in [0.25, 0.3) is 16.0 Å². The smallest absolute Gasteiger partial charge is 0.298 e. The molecule has 2 aromatic heterocycles. The van der Waals surface area contributed by atoms with E-state index in [1.54, 1.807) is 4.57 Å². The maximum absolute atomic E-state index is 14.9. The summed E-state index contributed by atoms with van der Waals surface area (Å²) < 4.78 is 36.2. The number of β-amino-alcohol motifs (C(OH)–C–C–N with tert-alkyl or cyclic N) is 1. The summed E-state index contributed by atoms with van der Waals surface area (Å²) in [6.45, 7) is 4.36. The van der Waals surface area contributed by atoms with Crippen molar-refractivity contribution in [2.75, 3.05) is 43.4 Å². The number of fused-ring (bicyclic) bond motifs is 2. The van der Waals surface area contributed by atoms with Crippen molar-refractivity contribution in [1.29, 1.82) is 0 Å². The van der Waals surface area contributed by atoms with Gasteiger partial charge in [0.1, 0.15) is 40.8 Å². The first kappa shape index (κ1) is 36.2. The van der Waals surface area contributed by atoms with Crippen LogP contribution < -0.4 is 32.0 Å². The van der Waals surface area contributed by atoms with E-state index >= 15 is 0 Å². The van der Waals surface area contributed by atoms with Crippen LogP contribution in [0.1, 0.15) is 30.2 Å². The summed E-state index contributed by atoms with van der Waals surface area (Å²) in [6.07, 6.45) is 3.79. The number of aromatic nitrogens is 2. The number of nitrogen functional groups attached to an aromatic ring is 1. The number of aliphatic imine (C=N–C) groups is 2. The van der Waals surface area contributed by atoms with E-state index in [1.807, 2.05) is 54.6 Å². The molecule has 7 rings (SSSR count). The molecule has 276 valence electrons. The molecule has 15 heteroatoms. The number of rotatable bonds is 11. The Kier molecular flexibility index (Phi) is 10.5. The van der Waals surface area contributed by atoms with Gasteiger partial charge < -0.3 is 31.5 Å². The first-order valence-corrected chi connectivity index (χ1v) is 18.2. The molecule has 2 aliphatic rings. The Hall–Kier alpha value is -5.22. The first-order valence-electron chi connectivity index (χ1n) is 17.4.